The lowest BCUT2D eigenvalue weighted by atomic mass is 10.2. The van der Waals surface area contributed by atoms with Crippen molar-refractivity contribution < 1.29 is 31.3 Å². The number of nitrogens with zero attached hydrogens (tertiary/aromatic N) is 1. The zero-order chi connectivity index (χ0) is 24.5. The molecule has 4 rings (SSSR count). The fourth-order valence-corrected chi connectivity index (χ4v) is 3.93. The maximum Gasteiger partial charge on any atom is 0.573 e. The molecular formula is C23H19F3N2O5S. The van der Waals surface area contributed by atoms with Crippen molar-refractivity contribution >= 4 is 20.5 Å². The molecule has 34 heavy (non-hydrogen) atoms. The zero-order valence-electron chi connectivity index (χ0n) is 17.8. The zero-order valence-corrected chi connectivity index (χ0v) is 18.6. The summed E-state index contributed by atoms with van der Waals surface area (Å²) >= 11 is 0. The van der Waals surface area contributed by atoms with Gasteiger partial charge in [-0.1, -0.05) is 12.1 Å². The van der Waals surface area contributed by atoms with Crippen molar-refractivity contribution in [2.24, 2.45) is 0 Å². The van der Waals surface area contributed by atoms with Gasteiger partial charge in [-0.15, -0.1) is 13.2 Å². The second-order valence-electron chi connectivity index (χ2n) is 7.62. The molecule has 2 aromatic heterocycles. The van der Waals surface area contributed by atoms with Crippen LogP contribution in [0.5, 0.6) is 11.5 Å². The molecule has 0 bridgehead atoms. The quantitative estimate of drug-likeness (QED) is 0.385. The van der Waals surface area contributed by atoms with Crippen molar-refractivity contribution in [3.63, 3.8) is 0 Å². The Morgan fingerprint density at radius 3 is 2.41 bits per heavy atom. The van der Waals surface area contributed by atoms with E-state index in [0.717, 1.165) is 5.56 Å². The highest BCUT2D eigenvalue weighted by atomic mass is 32.2. The molecule has 178 valence electrons. The van der Waals surface area contributed by atoms with Gasteiger partial charge in [0.2, 0.25) is 11.2 Å². The number of rotatable bonds is 7. The SMILES string of the molecule is CS(=N)(=O)c1ccc(COc2coc(Cn3cc4ccc(OC(F)(F)F)cc4c3)cc2=O)cc1. The summed E-state index contributed by atoms with van der Waals surface area (Å²) in [6, 6.07) is 11.8. The predicted molar refractivity (Wildman–Crippen MR) is 119 cm³/mol. The van der Waals surface area contributed by atoms with Crippen LogP contribution in [0.4, 0.5) is 13.2 Å². The van der Waals surface area contributed by atoms with Gasteiger partial charge in [0.15, 0.2) is 0 Å². The monoisotopic (exact) mass is 492 g/mol. The third-order valence-corrected chi connectivity index (χ3v) is 6.03. The van der Waals surface area contributed by atoms with Gasteiger partial charge in [-0.2, -0.15) is 0 Å². The lowest BCUT2D eigenvalue weighted by Gasteiger charge is -2.08. The van der Waals surface area contributed by atoms with Crippen LogP contribution in [0.15, 0.2) is 81.3 Å². The van der Waals surface area contributed by atoms with E-state index in [4.69, 9.17) is 13.9 Å². The lowest BCUT2D eigenvalue weighted by Crippen LogP contribution is -2.16. The molecule has 0 spiro atoms. The van der Waals surface area contributed by atoms with Gasteiger partial charge in [0.25, 0.3) is 0 Å². The maximum absolute atomic E-state index is 12.4. The van der Waals surface area contributed by atoms with Crippen molar-refractivity contribution in [1.29, 1.82) is 4.78 Å². The molecule has 0 saturated carbocycles. The Kier molecular flexibility index (Phi) is 6.13. The molecule has 1 unspecified atom stereocenters. The van der Waals surface area contributed by atoms with E-state index in [2.05, 4.69) is 4.74 Å². The van der Waals surface area contributed by atoms with Gasteiger partial charge in [-0.05, 0) is 41.3 Å². The Morgan fingerprint density at radius 1 is 1.06 bits per heavy atom. The average molecular weight is 492 g/mol. The summed E-state index contributed by atoms with van der Waals surface area (Å²) in [5.74, 6) is 0.0320. The molecule has 2 aromatic carbocycles. The average Bonchev–Trinajstić information content (AvgIpc) is 3.13. The highest BCUT2D eigenvalue weighted by molar-refractivity contribution is 7.91. The first-order valence-corrected chi connectivity index (χ1v) is 11.9. The Balaban J connectivity index is 1.43. The van der Waals surface area contributed by atoms with E-state index in [-0.39, 0.29) is 24.7 Å². The summed E-state index contributed by atoms with van der Waals surface area (Å²) in [5, 5.41) is 1.24. The normalized spacial score (nSPS) is 13.5. The molecule has 0 aliphatic heterocycles. The van der Waals surface area contributed by atoms with E-state index >= 15 is 0 Å². The topological polar surface area (TPSA) is 94.5 Å². The van der Waals surface area contributed by atoms with E-state index in [1.807, 2.05) is 0 Å². The summed E-state index contributed by atoms with van der Waals surface area (Å²) in [6.45, 7) is 0.267. The Labute approximate surface area is 192 Å². The minimum atomic E-state index is -4.77. The molecule has 1 N–H and O–H groups in total. The molecule has 0 saturated heterocycles. The number of hydrogen-bond donors (Lipinski definition) is 1. The fourth-order valence-electron chi connectivity index (χ4n) is 3.28. The molecule has 2 heterocycles. The Hall–Kier alpha value is -3.73. The van der Waals surface area contributed by atoms with Crippen molar-refractivity contribution in [1.82, 2.24) is 4.57 Å². The molecule has 0 aliphatic carbocycles. The molecule has 4 aromatic rings. The number of aromatic nitrogens is 1. The van der Waals surface area contributed by atoms with Crippen molar-refractivity contribution in [2.75, 3.05) is 6.26 Å². The third kappa shape index (κ3) is 5.79. The van der Waals surface area contributed by atoms with Crippen molar-refractivity contribution in [2.45, 2.75) is 24.4 Å². The molecule has 0 radical (unpaired) electrons. The number of fused-ring (bicyclic) bond motifs is 1. The summed E-state index contributed by atoms with van der Waals surface area (Å²) in [7, 11) is -2.80. The summed E-state index contributed by atoms with van der Waals surface area (Å²) in [5.41, 5.74) is 0.335. The Bertz CT molecular complexity index is 1490. The minimum absolute atomic E-state index is 0.0132. The first-order chi connectivity index (χ1) is 16.0. The predicted octanol–water partition coefficient (Wildman–Crippen LogP) is 5.16. The largest absolute Gasteiger partial charge is 0.573 e. The van der Waals surface area contributed by atoms with Crippen LogP contribution in [0.2, 0.25) is 0 Å². The van der Waals surface area contributed by atoms with Gasteiger partial charge in [-0.25, -0.2) is 8.99 Å². The standard InChI is InChI=1S/C23H19F3N2O5S/c1-34(27,30)20-6-2-15(3-7-20)13-32-22-14-31-19(9-21(22)29)12-28-10-16-4-5-18(8-17(16)11-28)33-23(24,25)26/h2-11,14,27H,12-13H2,1H3. The lowest BCUT2D eigenvalue weighted by molar-refractivity contribution is -0.274. The van der Waals surface area contributed by atoms with Crippen molar-refractivity contribution in [3.05, 3.63) is 88.7 Å². The van der Waals surface area contributed by atoms with E-state index in [1.165, 1.54) is 36.8 Å². The first-order valence-electron chi connectivity index (χ1n) is 9.89. The molecule has 11 heteroatoms. The van der Waals surface area contributed by atoms with E-state index in [0.29, 0.717) is 21.4 Å². The van der Waals surface area contributed by atoms with Crippen LogP contribution in [0.1, 0.15) is 11.3 Å². The Morgan fingerprint density at radius 2 is 1.76 bits per heavy atom. The first kappa shape index (κ1) is 23.4. The summed E-state index contributed by atoms with van der Waals surface area (Å²) in [4.78, 5) is 12.8. The van der Waals surface area contributed by atoms with Crippen LogP contribution in [-0.2, 0) is 22.9 Å². The number of ether oxygens (including phenoxy) is 2. The van der Waals surface area contributed by atoms with Gasteiger partial charge in [0.05, 0.1) is 16.3 Å². The summed E-state index contributed by atoms with van der Waals surface area (Å²) in [6.07, 6.45) is 1.10. The van der Waals surface area contributed by atoms with E-state index in [1.54, 1.807) is 41.2 Å². The highest BCUT2D eigenvalue weighted by Crippen LogP contribution is 2.27. The molecule has 0 amide bonds. The van der Waals surface area contributed by atoms with Crippen LogP contribution >= 0.6 is 0 Å². The minimum Gasteiger partial charge on any atom is -0.482 e. The van der Waals surface area contributed by atoms with Crippen LogP contribution in [-0.4, -0.2) is 21.4 Å². The molecule has 7 nitrogen and oxygen atoms in total. The second-order valence-corrected chi connectivity index (χ2v) is 9.78. The van der Waals surface area contributed by atoms with E-state index in [9.17, 15) is 22.2 Å². The van der Waals surface area contributed by atoms with Crippen molar-refractivity contribution in [3.8, 4) is 11.5 Å². The van der Waals surface area contributed by atoms with Crippen LogP contribution in [0.25, 0.3) is 10.8 Å². The third-order valence-electron chi connectivity index (χ3n) is 4.86. The van der Waals surface area contributed by atoms with Crippen LogP contribution in [0, 0.1) is 4.78 Å². The van der Waals surface area contributed by atoms with Crippen LogP contribution in [0.3, 0.4) is 0 Å². The molecule has 0 fully saturated rings. The number of benzene rings is 2. The van der Waals surface area contributed by atoms with Gasteiger partial charge >= 0.3 is 6.36 Å². The maximum atomic E-state index is 12.4. The van der Waals surface area contributed by atoms with Crippen LogP contribution < -0.4 is 14.9 Å². The molecular weight excluding hydrogens is 473 g/mol. The fraction of sp³-hybridized carbons (Fsp3) is 0.174. The second kappa shape index (κ2) is 8.90. The molecule has 0 aliphatic rings. The van der Waals surface area contributed by atoms with E-state index < -0.39 is 21.5 Å². The molecule has 1 atom stereocenters. The number of nitrogens with one attached hydrogen (secondary N) is 1. The van der Waals surface area contributed by atoms with Gasteiger partial charge < -0.3 is 18.5 Å². The highest BCUT2D eigenvalue weighted by Gasteiger charge is 2.31. The summed E-state index contributed by atoms with van der Waals surface area (Å²) < 4.78 is 73.2. The van der Waals surface area contributed by atoms with Gasteiger partial charge in [0, 0.05) is 35.0 Å². The smallest absolute Gasteiger partial charge is 0.482 e. The number of halogens is 3. The van der Waals surface area contributed by atoms with Gasteiger partial charge in [0.1, 0.15) is 24.4 Å². The van der Waals surface area contributed by atoms with Gasteiger partial charge in [-0.3, -0.25) is 4.79 Å². The number of hydrogen-bond acceptors (Lipinski definition) is 6. The number of alkyl halides is 3.